The smallest absolute Gasteiger partial charge is 0.131 e. The highest BCUT2D eigenvalue weighted by Gasteiger charge is 2.17. The fourth-order valence-electron chi connectivity index (χ4n) is 2.85. The quantitative estimate of drug-likeness (QED) is 0.657. The fourth-order valence-corrected chi connectivity index (χ4v) is 2.85. The molecule has 0 saturated heterocycles. The van der Waals surface area contributed by atoms with Gasteiger partial charge in [-0.25, -0.2) is 0 Å². The first kappa shape index (κ1) is 17.6. The molecule has 26 heavy (non-hydrogen) atoms. The zero-order valence-corrected chi connectivity index (χ0v) is 15.3. The van der Waals surface area contributed by atoms with Gasteiger partial charge in [-0.3, -0.25) is 4.98 Å². The van der Waals surface area contributed by atoms with Crippen LogP contribution in [0.1, 0.15) is 0 Å². The molecular formula is C21H21NO4. The van der Waals surface area contributed by atoms with Crippen LogP contribution in [0.3, 0.4) is 0 Å². The highest BCUT2D eigenvalue weighted by atomic mass is 16.5. The summed E-state index contributed by atoms with van der Waals surface area (Å²) in [4.78, 5) is 4.60. The van der Waals surface area contributed by atoms with Crippen molar-refractivity contribution < 1.29 is 18.9 Å². The van der Waals surface area contributed by atoms with Crippen molar-refractivity contribution in [2.24, 2.45) is 0 Å². The van der Waals surface area contributed by atoms with Gasteiger partial charge in [0.15, 0.2) is 0 Å². The predicted molar refractivity (Wildman–Crippen MR) is 101 cm³/mol. The van der Waals surface area contributed by atoms with Crippen molar-refractivity contribution >= 4 is 0 Å². The molecule has 2 aromatic carbocycles. The topological polar surface area (TPSA) is 49.8 Å². The molecule has 3 aromatic rings. The highest BCUT2D eigenvalue weighted by Crippen LogP contribution is 2.41. The fraction of sp³-hybridized carbons (Fsp3) is 0.190. The Morgan fingerprint density at radius 3 is 1.77 bits per heavy atom. The van der Waals surface area contributed by atoms with Crippen LogP contribution in [0.15, 0.2) is 54.7 Å². The molecule has 0 spiro atoms. The number of hydrogen-bond acceptors (Lipinski definition) is 5. The van der Waals surface area contributed by atoms with Crippen LogP contribution in [0.2, 0.25) is 0 Å². The molecule has 3 rings (SSSR count). The zero-order chi connectivity index (χ0) is 18.5. The van der Waals surface area contributed by atoms with Crippen LogP contribution in [0.5, 0.6) is 23.0 Å². The number of methoxy groups -OCH3 is 4. The van der Waals surface area contributed by atoms with Gasteiger partial charge >= 0.3 is 0 Å². The molecule has 1 heterocycles. The van der Waals surface area contributed by atoms with E-state index in [1.54, 1.807) is 34.6 Å². The van der Waals surface area contributed by atoms with Crippen LogP contribution in [0, 0.1) is 0 Å². The van der Waals surface area contributed by atoms with E-state index in [-0.39, 0.29) is 0 Å². The van der Waals surface area contributed by atoms with Gasteiger partial charge in [0.25, 0.3) is 0 Å². The monoisotopic (exact) mass is 351 g/mol. The van der Waals surface area contributed by atoms with Crippen molar-refractivity contribution in [3.8, 4) is 45.4 Å². The van der Waals surface area contributed by atoms with E-state index in [4.69, 9.17) is 18.9 Å². The molecule has 5 heteroatoms. The van der Waals surface area contributed by atoms with Crippen molar-refractivity contribution in [1.82, 2.24) is 4.98 Å². The maximum Gasteiger partial charge on any atom is 0.131 e. The summed E-state index contributed by atoms with van der Waals surface area (Å²) in [7, 11) is 6.53. The molecule has 134 valence electrons. The lowest BCUT2D eigenvalue weighted by Gasteiger charge is -2.16. The maximum atomic E-state index is 5.57. The normalized spacial score (nSPS) is 10.3. The summed E-state index contributed by atoms with van der Waals surface area (Å²) in [6.45, 7) is 0. The van der Waals surface area contributed by atoms with Gasteiger partial charge in [-0.05, 0) is 30.3 Å². The Hall–Kier alpha value is -3.21. The number of benzene rings is 2. The molecule has 0 radical (unpaired) electrons. The number of rotatable bonds is 6. The summed E-state index contributed by atoms with van der Waals surface area (Å²) in [6.07, 6.45) is 1.76. The molecule has 0 N–H and O–H groups in total. The first-order valence-corrected chi connectivity index (χ1v) is 8.11. The Morgan fingerprint density at radius 1 is 0.615 bits per heavy atom. The molecule has 0 amide bonds. The van der Waals surface area contributed by atoms with Crippen molar-refractivity contribution in [2.75, 3.05) is 28.4 Å². The van der Waals surface area contributed by atoms with Gasteiger partial charge in [0.2, 0.25) is 0 Å². The lowest BCUT2D eigenvalue weighted by atomic mass is 9.97. The number of hydrogen-bond donors (Lipinski definition) is 0. The van der Waals surface area contributed by atoms with Crippen molar-refractivity contribution in [3.63, 3.8) is 0 Å². The van der Waals surface area contributed by atoms with E-state index >= 15 is 0 Å². The van der Waals surface area contributed by atoms with Crippen molar-refractivity contribution in [1.29, 1.82) is 0 Å². The summed E-state index contributed by atoms with van der Waals surface area (Å²) in [6, 6.07) is 15.3. The third kappa shape index (κ3) is 3.28. The lowest BCUT2D eigenvalue weighted by Crippen LogP contribution is -1.96. The number of nitrogens with zero attached hydrogens (tertiary/aromatic N) is 1. The summed E-state index contributed by atoms with van der Waals surface area (Å²) in [5, 5.41) is 0. The first-order chi connectivity index (χ1) is 12.7. The van der Waals surface area contributed by atoms with E-state index in [0.29, 0.717) is 11.5 Å². The maximum absolute atomic E-state index is 5.57. The van der Waals surface area contributed by atoms with Crippen LogP contribution in [0.25, 0.3) is 22.4 Å². The number of aromatic nitrogens is 1. The first-order valence-electron chi connectivity index (χ1n) is 8.11. The predicted octanol–water partition coefficient (Wildman–Crippen LogP) is 4.45. The summed E-state index contributed by atoms with van der Waals surface area (Å²) in [5.74, 6) is 2.87. The number of ether oxygens (including phenoxy) is 4. The third-order valence-electron chi connectivity index (χ3n) is 4.17. The minimum absolute atomic E-state index is 0.691. The van der Waals surface area contributed by atoms with Crippen LogP contribution in [0.4, 0.5) is 0 Å². The number of pyridine rings is 1. The molecule has 0 aliphatic rings. The van der Waals surface area contributed by atoms with E-state index in [1.165, 1.54) is 0 Å². The van der Waals surface area contributed by atoms with E-state index < -0.39 is 0 Å². The third-order valence-corrected chi connectivity index (χ3v) is 4.17. The summed E-state index contributed by atoms with van der Waals surface area (Å²) < 4.78 is 21.7. The van der Waals surface area contributed by atoms with Gasteiger partial charge in [0, 0.05) is 35.0 Å². The zero-order valence-electron chi connectivity index (χ0n) is 15.3. The van der Waals surface area contributed by atoms with E-state index in [2.05, 4.69) is 4.98 Å². The average molecular weight is 351 g/mol. The Labute approximate surface area is 153 Å². The second kappa shape index (κ2) is 7.78. The van der Waals surface area contributed by atoms with E-state index in [9.17, 15) is 0 Å². The van der Waals surface area contributed by atoms with Crippen LogP contribution in [-0.4, -0.2) is 33.4 Å². The van der Waals surface area contributed by atoms with E-state index in [1.807, 2.05) is 48.5 Å². The van der Waals surface area contributed by atoms with Crippen LogP contribution < -0.4 is 18.9 Å². The minimum Gasteiger partial charge on any atom is -0.497 e. The van der Waals surface area contributed by atoms with Crippen LogP contribution >= 0.6 is 0 Å². The van der Waals surface area contributed by atoms with Crippen molar-refractivity contribution in [3.05, 3.63) is 54.7 Å². The summed E-state index contributed by atoms with van der Waals surface area (Å²) in [5.41, 5.74) is 3.54. The van der Waals surface area contributed by atoms with Gasteiger partial charge in [0.1, 0.15) is 23.0 Å². The molecule has 0 bridgehead atoms. The van der Waals surface area contributed by atoms with Gasteiger partial charge in [-0.2, -0.15) is 0 Å². The molecule has 0 saturated carbocycles. The molecule has 5 nitrogen and oxygen atoms in total. The largest absolute Gasteiger partial charge is 0.497 e. The molecule has 0 aliphatic heterocycles. The molecule has 1 aromatic heterocycles. The van der Waals surface area contributed by atoms with Gasteiger partial charge in [0.05, 0.1) is 34.1 Å². The molecular weight excluding hydrogens is 330 g/mol. The summed E-state index contributed by atoms with van der Waals surface area (Å²) >= 11 is 0. The Morgan fingerprint density at radius 2 is 1.19 bits per heavy atom. The molecule has 0 fully saturated rings. The highest BCUT2D eigenvalue weighted by molar-refractivity contribution is 5.86. The molecule has 0 unspecified atom stereocenters. The lowest BCUT2D eigenvalue weighted by molar-refractivity contribution is 0.395. The average Bonchev–Trinajstić information content (AvgIpc) is 2.72. The van der Waals surface area contributed by atoms with Gasteiger partial charge < -0.3 is 18.9 Å². The SMILES string of the molecule is COc1ccc(-c2cccnc2-c2ccc(OC)cc2OC)c(OC)c1. The second-order valence-electron chi connectivity index (χ2n) is 5.53. The molecule has 0 aliphatic carbocycles. The minimum atomic E-state index is 0.691. The van der Waals surface area contributed by atoms with E-state index in [0.717, 1.165) is 33.9 Å². The van der Waals surface area contributed by atoms with Crippen molar-refractivity contribution in [2.45, 2.75) is 0 Å². The van der Waals surface area contributed by atoms with Gasteiger partial charge in [-0.15, -0.1) is 0 Å². The second-order valence-corrected chi connectivity index (χ2v) is 5.53. The standard InChI is InChI=1S/C21H21NO4/c1-23-14-7-9-16(19(12-14)25-3)17-6-5-11-22-21(17)18-10-8-15(24-2)13-20(18)26-4/h5-13H,1-4H3. The van der Waals surface area contributed by atoms with Crippen LogP contribution in [-0.2, 0) is 0 Å². The Balaban J connectivity index is 2.19. The Kier molecular flexibility index (Phi) is 5.27. The Bertz CT molecular complexity index is 834. The van der Waals surface area contributed by atoms with Gasteiger partial charge in [-0.1, -0.05) is 6.07 Å². The molecule has 0 atom stereocenters.